The lowest BCUT2D eigenvalue weighted by molar-refractivity contribution is 0.176. The average molecular weight is 241 g/mol. The lowest BCUT2D eigenvalue weighted by Crippen LogP contribution is -2.06. The molecule has 2 aromatic rings. The van der Waals surface area contributed by atoms with Crippen LogP contribution in [0.2, 0.25) is 0 Å². The molecule has 4 nitrogen and oxygen atoms in total. The fraction of sp³-hybridized carbons (Fsp3) is 0.286. The van der Waals surface area contributed by atoms with Crippen molar-refractivity contribution in [3.63, 3.8) is 0 Å². The predicted molar refractivity (Wildman–Crippen MR) is 67.8 cm³/mol. The smallest absolute Gasteiger partial charge is 0.0991 e. The van der Waals surface area contributed by atoms with Gasteiger partial charge < -0.3 is 5.11 Å². The highest BCUT2D eigenvalue weighted by Gasteiger charge is 2.11. The molecule has 1 aromatic heterocycles. The SMILES string of the molecule is Cc1cc(CC(O)c2ccc(C#N)cc2)n(C)n1. The van der Waals surface area contributed by atoms with E-state index in [1.165, 1.54) is 0 Å². The number of nitriles is 1. The number of hydrogen-bond acceptors (Lipinski definition) is 3. The quantitative estimate of drug-likeness (QED) is 0.892. The summed E-state index contributed by atoms with van der Waals surface area (Å²) >= 11 is 0. The van der Waals surface area contributed by atoms with Crippen LogP contribution in [0.1, 0.15) is 28.6 Å². The Morgan fingerprint density at radius 2 is 2.06 bits per heavy atom. The third-order valence-electron chi connectivity index (χ3n) is 2.93. The summed E-state index contributed by atoms with van der Waals surface area (Å²) in [7, 11) is 1.87. The van der Waals surface area contributed by atoms with Crippen molar-refractivity contribution in [3.8, 4) is 6.07 Å². The largest absolute Gasteiger partial charge is 0.388 e. The normalized spacial score (nSPS) is 12.1. The highest BCUT2D eigenvalue weighted by molar-refractivity contribution is 5.32. The Kier molecular flexibility index (Phi) is 3.45. The zero-order valence-electron chi connectivity index (χ0n) is 10.5. The fourth-order valence-electron chi connectivity index (χ4n) is 1.95. The molecule has 0 aliphatic carbocycles. The molecule has 4 heteroatoms. The van der Waals surface area contributed by atoms with E-state index in [9.17, 15) is 5.11 Å². The molecule has 0 bridgehead atoms. The fourth-order valence-corrected chi connectivity index (χ4v) is 1.95. The van der Waals surface area contributed by atoms with E-state index in [0.717, 1.165) is 17.0 Å². The minimum Gasteiger partial charge on any atom is -0.388 e. The molecule has 1 heterocycles. The number of aliphatic hydroxyl groups excluding tert-OH is 1. The topological polar surface area (TPSA) is 61.8 Å². The maximum absolute atomic E-state index is 10.1. The van der Waals surface area contributed by atoms with Crippen molar-refractivity contribution in [2.75, 3.05) is 0 Å². The number of aromatic nitrogens is 2. The van der Waals surface area contributed by atoms with Crippen molar-refractivity contribution in [1.29, 1.82) is 5.26 Å². The van der Waals surface area contributed by atoms with Crippen LogP contribution < -0.4 is 0 Å². The van der Waals surface area contributed by atoms with Gasteiger partial charge in [-0.15, -0.1) is 0 Å². The minimum atomic E-state index is -0.576. The summed E-state index contributed by atoms with van der Waals surface area (Å²) in [6.07, 6.45) is -0.0592. The van der Waals surface area contributed by atoms with Crippen LogP contribution in [0, 0.1) is 18.3 Å². The van der Waals surface area contributed by atoms with Gasteiger partial charge >= 0.3 is 0 Å². The van der Waals surface area contributed by atoms with Crippen molar-refractivity contribution in [2.45, 2.75) is 19.4 Å². The molecule has 0 radical (unpaired) electrons. The first kappa shape index (κ1) is 12.3. The Bertz CT molecular complexity index is 578. The molecule has 0 aliphatic heterocycles. The molecule has 2 rings (SSSR count). The molecular formula is C14H15N3O. The van der Waals surface area contributed by atoms with Gasteiger partial charge in [-0.05, 0) is 30.7 Å². The Hall–Kier alpha value is -2.12. The van der Waals surface area contributed by atoms with Gasteiger partial charge in [-0.3, -0.25) is 4.68 Å². The Balaban J connectivity index is 2.14. The second kappa shape index (κ2) is 5.03. The van der Waals surface area contributed by atoms with Crippen LogP contribution in [0.4, 0.5) is 0 Å². The summed E-state index contributed by atoms with van der Waals surface area (Å²) in [6, 6.07) is 11.0. The third kappa shape index (κ3) is 2.58. The first-order chi connectivity index (χ1) is 8.60. The molecule has 1 unspecified atom stereocenters. The van der Waals surface area contributed by atoms with Gasteiger partial charge in [0, 0.05) is 19.2 Å². The molecule has 0 saturated heterocycles. The lowest BCUT2D eigenvalue weighted by Gasteiger charge is -2.11. The third-order valence-corrected chi connectivity index (χ3v) is 2.93. The van der Waals surface area contributed by atoms with E-state index in [-0.39, 0.29) is 0 Å². The first-order valence-corrected chi connectivity index (χ1v) is 5.78. The van der Waals surface area contributed by atoms with Crippen LogP contribution in [-0.4, -0.2) is 14.9 Å². The van der Waals surface area contributed by atoms with Gasteiger partial charge in [0.2, 0.25) is 0 Å². The number of aliphatic hydroxyl groups is 1. The highest BCUT2D eigenvalue weighted by atomic mass is 16.3. The predicted octanol–water partition coefficient (Wildman–Crippen LogP) is 1.88. The lowest BCUT2D eigenvalue weighted by atomic mass is 10.0. The standard InChI is InChI=1S/C14H15N3O/c1-10-7-13(17(2)16-10)8-14(18)12-5-3-11(9-15)4-6-12/h3-7,14,18H,8H2,1-2H3. The summed E-state index contributed by atoms with van der Waals surface area (Å²) < 4.78 is 1.78. The molecule has 1 aromatic carbocycles. The van der Waals surface area contributed by atoms with Crippen molar-refractivity contribution in [2.24, 2.45) is 7.05 Å². The maximum Gasteiger partial charge on any atom is 0.0991 e. The molecule has 0 saturated carbocycles. The van der Waals surface area contributed by atoms with Gasteiger partial charge in [-0.1, -0.05) is 12.1 Å². The van der Waals surface area contributed by atoms with Crippen LogP contribution in [-0.2, 0) is 13.5 Å². The van der Waals surface area contributed by atoms with Crippen LogP contribution >= 0.6 is 0 Å². The van der Waals surface area contributed by atoms with Gasteiger partial charge in [0.05, 0.1) is 23.4 Å². The van der Waals surface area contributed by atoms with Gasteiger partial charge in [0.15, 0.2) is 0 Å². The molecule has 0 aliphatic rings. The molecule has 0 fully saturated rings. The molecular weight excluding hydrogens is 226 g/mol. The highest BCUT2D eigenvalue weighted by Crippen LogP contribution is 2.19. The van der Waals surface area contributed by atoms with Crippen molar-refractivity contribution >= 4 is 0 Å². The maximum atomic E-state index is 10.1. The molecule has 1 atom stereocenters. The van der Waals surface area contributed by atoms with E-state index in [1.54, 1.807) is 28.9 Å². The number of nitrogens with zero attached hydrogens (tertiary/aromatic N) is 3. The van der Waals surface area contributed by atoms with Crippen LogP contribution in [0.15, 0.2) is 30.3 Å². The molecule has 0 spiro atoms. The van der Waals surface area contributed by atoms with E-state index in [0.29, 0.717) is 12.0 Å². The van der Waals surface area contributed by atoms with Crippen LogP contribution in [0.25, 0.3) is 0 Å². The van der Waals surface area contributed by atoms with E-state index in [4.69, 9.17) is 5.26 Å². The second-order valence-electron chi connectivity index (χ2n) is 4.35. The number of benzene rings is 1. The Labute approximate surface area is 106 Å². The molecule has 1 N–H and O–H groups in total. The van der Waals surface area contributed by atoms with Crippen LogP contribution in [0.5, 0.6) is 0 Å². The number of aryl methyl sites for hydroxylation is 2. The summed E-state index contributed by atoms with van der Waals surface area (Å²) in [6.45, 7) is 1.93. The summed E-state index contributed by atoms with van der Waals surface area (Å²) in [5.41, 5.74) is 3.35. The van der Waals surface area contributed by atoms with Gasteiger partial charge in [0.1, 0.15) is 0 Å². The van der Waals surface area contributed by atoms with Gasteiger partial charge in [0.25, 0.3) is 0 Å². The van der Waals surface area contributed by atoms with Gasteiger partial charge in [-0.2, -0.15) is 10.4 Å². The zero-order chi connectivity index (χ0) is 13.1. The average Bonchev–Trinajstić information content (AvgIpc) is 2.68. The van der Waals surface area contributed by atoms with E-state index in [2.05, 4.69) is 11.2 Å². The Morgan fingerprint density at radius 3 is 2.56 bits per heavy atom. The van der Waals surface area contributed by atoms with Crippen LogP contribution in [0.3, 0.4) is 0 Å². The zero-order valence-corrected chi connectivity index (χ0v) is 10.5. The minimum absolute atomic E-state index is 0.517. The number of hydrogen-bond donors (Lipinski definition) is 1. The van der Waals surface area contributed by atoms with Gasteiger partial charge in [-0.25, -0.2) is 0 Å². The second-order valence-corrected chi connectivity index (χ2v) is 4.35. The number of rotatable bonds is 3. The summed E-state index contributed by atoms with van der Waals surface area (Å²) in [5, 5.41) is 23.1. The molecule has 92 valence electrons. The van der Waals surface area contributed by atoms with E-state index < -0.39 is 6.10 Å². The van der Waals surface area contributed by atoms with Crippen molar-refractivity contribution in [3.05, 3.63) is 52.8 Å². The summed E-state index contributed by atoms with van der Waals surface area (Å²) in [5.74, 6) is 0. The monoisotopic (exact) mass is 241 g/mol. The van der Waals surface area contributed by atoms with Crippen molar-refractivity contribution < 1.29 is 5.11 Å². The Morgan fingerprint density at radius 1 is 1.39 bits per heavy atom. The van der Waals surface area contributed by atoms with E-state index in [1.807, 2.05) is 20.0 Å². The van der Waals surface area contributed by atoms with Crippen molar-refractivity contribution in [1.82, 2.24) is 9.78 Å². The molecule has 0 amide bonds. The van der Waals surface area contributed by atoms with E-state index >= 15 is 0 Å². The summed E-state index contributed by atoms with van der Waals surface area (Å²) in [4.78, 5) is 0. The molecule has 18 heavy (non-hydrogen) atoms. The first-order valence-electron chi connectivity index (χ1n) is 5.78.